The number of carbonyl (C=O) groups is 3. The van der Waals surface area contributed by atoms with Crippen molar-refractivity contribution in [2.24, 2.45) is 11.8 Å². The molecule has 2 heterocycles. The molecule has 1 saturated heterocycles. The number of carbonyl (C=O) groups excluding carboxylic acids is 3. The van der Waals surface area contributed by atoms with Crippen LogP contribution in [0.2, 0.25) is 0 Å². The third kappa shape index (κ3) is 3.49. The van der Waals surface area contributed by atoms with Crippen molar-refractivity contribution in [3.05, 3.63) is 48.3 Å². The van der Waals surface area contributed by atoms with Crippen LogP contribution in [0.3, 0.4) is 0 Å². The molecule has 0 unspecified atom stereocenters. The number of esters is 1. The van der Waals surface area contributed by atoms with E-state index in [0.717, 1.165) is 41.8 Å². The maximum Gasteiger partial charge on any atom is 0.326 e. The lowest BCUT2D eigenvalue weighted by Gasteiger charge is -2.19. The molecule has 2 amide bonds. The molecule has 0 N–H and O–H groups in total. The zero-order valence-electron chi connectivity index (χ0n) is 14.9. The van der Waals surface area contributed by atoms with Crippen LogP contribution in [0, 0.1) is 11.8 Å². The van der Waals surface area contributed by atoms with Gasteiger partial charge in [0, 0.05) is 12.4 Å². The normalized spacial score (nSPS) is 22.0. The minimum Gasteiger partial charge on any atom is -0.459 e. The van der Waals surface area contributed by atoms with E-state index in [9.17, 15) is 14.4 Å². The van der Waals surface area contributed by atoms with Gasteiger partial charge in [-0.2, -0.15) is 5.10 Å². The SMILES string of the molecule is O=C(CN1C(=O)[C@H]2CCCC[C@@H]2C1=O)OCc1ccc(-n2cccn2)cc1. The average molecular weight is 367 g/mol. The topological polar surface area (TPSA) is 81.5 Å². The number of imide groups is 1. The van der Waals surface area contributed by atoms with Crippen molar-refractivity contribution in [1.82, 2.24) is 14.7 Å². The lowest BCUT2D eigenvalue weighted by atomic mass is 9.81. The lowest BCUT2D eigenvalue weighted by molar-refractivity contribution is -0.153. The summed E-state index contributed by atoms with van der Waals surface area (Å²) < 4.78 is 7.00. The van der Waals surface area contributed by atoms with Crippen molar-refractivity contribution in [1.29, 1.82) is 0 Å². The van der Waals surface area contributed by atoms with Crippen LogP contribution in [0.25, 0.3) is 5.69 Å². The van der Waals surface area contributed by atoms with Crippen LogP contribution in [0.15, 0.2) is 42.7 Å². The number of nitrogens with zero attached hydrogens (tertiary/aromatic N) is 3. The highest BCUT2D eigenvalue weighted by Gasteiger charge is 2.48. The zero-order chi connectivity index (χ0) is 18.8. The zero-order valence-corrected chi connectivity index (χ0v) is 14.9. The van der Waals surface area contributed by atoms with Crippen molar-refractivity contribution in [3.63, 3.8) is 0 Å². The first kappa shape index (κ1) is 17.5. The molecule has 0 radical (unpaired) electrons. The molecule has 140 valence electrons. The monoisotopic (exact) mass is 367 g/mol. The molecule has 7 nitrogen and oxygen atoms in total. The van der Waals surface area contributed by atoms with Gasteiger partial charge in [0.1, 0.15) is 13.2 Å². The van der Waals surface area contributed by atoms with Gasteiger partial charge in [-0.25, -0.2) is 4.68 Å². The fraction of sp³-hybridized carbons (Fsp3) is 0.400. The molecule has 27 heavy (non-hydrogen) atoms. The van der Waals surface area contributed by atoms with Crippen molar-refractivity contribution in [2.45, 2.75) is 32.3 Å². The number of fused-ring (bicyclic) bond motifs is 1. The molecule has 1 aliphatic carbocycles. The fourth-order valence-electron chi connectivity index (χ4n) is 3.89. The summed E-state index contributed by atoms with van der Waals surface area (Å²) in [4.78, 5) is 38.0. The summed E-state index contributed by atoms with van der Waals surface area (Å²) in [5.41, 5.74) is 1.73. The van der Waals surface area contributed by atoms with Gasteiger partial charge in [-0.1, -0.05) is 25.0 Å². The van der Waals surface area contributed by atoms with Crippen molar-refractivity contribution in [3.8, 4) is 5.69 Å². The number of aromatic nitrogens is 2. The second kappa shape index (κ2) is 7.34. The third-order valence-corrected chi connectivity index (χ3v) is 5.32. The van der Waals surface area contributed by atoms with Crippen molar-refractivity contribution < 1.29 is 19.1 Å². The Hall–Kier alpha value is -2.96. The largest absolute Gasteiger partial charge is 0.459 e. The maximum absolute atomic E-state index is 12.4. The van der Waals surface area contributed by atoms with Gasteiger partial charge >= 0.3 is 5.97 Å². The summed E-state index contributed by atoms with van der Waals surface area (Å²) in [6.45, 7) is -0.197. The molecule has 2 atom stereocenters. The van der Waals surface area contributed by atoms with Crippen LogP contribution in [0.4, 0.5) is 0 Å². The second-order valence-corrected chi connectivity index (χ2v) is 7.04. The average Bonchev–Trinajstić information content (AvgIpc) is 3.31. The minimum absolute atomic E-state index is 0.0985. The number of amides is 2. The minimum atomic E-state index is -0.563. The molecule has 0 bridgehead atoms. The molecule has 2 aromatic rings. The Balaban J connectivity index is 1.32. The highest BCUT2D eigenvalue weighted by Crippen LogP contribution is 2.37. The third-order valence-electron chi connectivity index (χ3n) is 5.32. The Kier molecular flexibility index (Phi) is 4.75. The smallest absolute Gasteiger partial charge is 0.326 e. The molecule has 7 heteroatoms. The molecule has 1 saturated carbocycles. The van der Waals surface area contributed by atoms with Gasteiger partial charge in [-0.05, 0) is 36.6 Å². The number of hydrogen-bond acceptors (Lipinski definition) is 5. The van der Waals surface area contributed by atoms with E-state index in [2.05, 4.69) is 5.10 Å². The van der Waals surface area contributed by atoms with Crippen LogP contribution in [-0.2, 0) is 25.7 Å². The summed E-state index contributed by atoms with van der Waals surface area (Å²) in [7, 11) is 0. The standard InChI is InChI=1S/C20H21N3O4/c24-18(12-22-19(25)16-4-1-2-5-17(16)20(22)26)27-13-14-6-8-15(9-7-14)23-11-3-10-21-23/h3,6-11,16-17H,1-2,4-5,12-13H2/t16-,17-/m0/s1. The van der Waals surface area contributed by atoms with Crippen LogP contribution in [0.1, 0.15) is 31.2 Å². The van der Waals surface area contributed by atoms with E-state index < -0.39 is 5.97 Å². The van der Waals surface area contributed by atoms with Crippen LogP contribution in [-0.4, -0.2) is 39.0 Å². The van der Waals surface area contributed by atoms with Crippen LogP contribution < -0.4 is 0 Å². The maximum atomic E-state index is 12.4. The van der Waals surface area contributed by atoms with E-state index >= 15 is 0 Å². The second-order valence-electron chi connectivity index (χ2n) is 7.04. The van der Waals surface area contributed by atoms with Gasteiger partial charge in [-0.15, -0.1) is 0 Å². The molecule has 1 aliphatic heterocycles. The number of likely N-dealkylation sites (tertiary alicyclic amines) is 1. The van der Waals surface area contributed by atoms with Gasteiger partial charge in [0.25, 0.3) is 0 Å². The summed E-state index contributed by atoms with van der Waals surface area (Å²) in [6.07, 6.45) is 6.95. The van der Waals surface area contributed by atoms with E-state index in [-0.39, 0.29) is 36.8 Å². The van der Waals surface area contributed by atoms with Crippen molar-refractivity contribution in [2.75, 3.05) is 6.54 Å². The Morgan fingerprint density at radius 2 is 1.74 bits per heavy atom. The molecular weight excluding hydrogens is 346 g/mol. The number of benzene rings is 1. The summed E-state index contributed by atoms with van der Waals surface area (Å²) in [5.74, 6) is -1.48. The first-order valence-electron chi connectivity index (χ1n) is 9.23. The quantitative estimate of drug-likeness (QED) is 0.597. The van der Waals surface area contributed by atoms with Crippen molar-refractivity contribution >= 4 is 17.8 Å². The van der Waals surface area contributed by atoms with E-state index in [1.165, 1.54) is 0 Å². The molecule has 1 aromatic carbocycles. The predicted molar refractivity (Wildman–Crippen MR) is 95.5 cm³/mol. The molecular formula is C20H21N3O4. The Morgan fingerprint density at radius 1 is 1.07 bits per heavy atom. The Bertz CT molecular complexity index is 821. The van der Waals surface area contributed by atoms with E-state index in [0.29, 0.717) is 0 Å². The Labute approximate surface area is 156 Å². The summed E-state index contributed by atoms with van der Waals surface area (Å²) >= 11 is 0. The van der Waals surface area contributed by atoms with Gasteiger partial charge in [0.15, 0.2) is 0 Å². The highest BCUT2D eigenvalue weighted by atomic mass is 16.5. The van der Waals surface area contributed by atoms with Gasteiger partial charge in [-0.3, -0.25) is 19.3 Å². The molecule has 0 spiro atoms. The predicted octanol–water partition coefficient (Wildman–Crippen LogP) is 2.09. The highest BCUT2D eigenvalue weighted by molar-refractivity contribution is 6.07. The van der Waals surface area contributed by atoms with E-state index in [1.54, 1.807) is 10.9 Å². The molecule has 2 fully saturated rings. The van der Waals surface area contributed by atoms with Crippen LogP contribution in [0.5, 0.6) is 0 Å². The Morgan fingerprint density at radius 3 is 2.33 bits per heavy atom. The summed E-state index contributed by atoms with van der Waals surface area (Å²) in [5, 5.41) is 4.15. The first-order chi connectivity index (χ1) is 13.1. The van der Waals surface area contributed by atoms with Gasteiger partial charge in [0.2, 0.25) is 11.8 Å². The number of ether oxygens (including phenoxy) is 1. The molecule has 1 aromatic heterocycles. The van der Waals surface area contributed by atoms with E-state index in [1.807, 2.05) is 36.5 Å². The number of hydrogen-bond donors (Lipinski definition) is 0. The van der Waals surface area contributed by atoms with Gasteiger partial charge in [0.05, 0.1) is 17.5 Å². The molecule has 4 rings (SSSR count). The number of rotatable bonds is 5. The van der Waals surface area contributed by atoms with Crippen LogP contribution >= 0.6 is 0 Å². The lowest BCUT2D eigenvalue weighted by Crippen LogP contribution is -2.36. The van der Waals surface area contributed by atoms with E-state index in [4.69, 9.17) is 4.74 Å². The van der Waals surface area contributed by atoms with Gasteiger partial charge < -0.3 is 4.74 Å². The molecule has 2 aliphatic rings. The fourth-order valence-corrected chi connectivity index (χ4v) is 3.89. The summed E-state index contributed by atoms with van der Waals surface area (Å²) in [6, 6.07) is 9.31. The first-order valence-corrected chi connectivity index (χ1v) is 9.23.